The van der Waals surface area contributed by atoms with E-state index in [2.05, 4.69) is 41.4 Å². The summed E-state index contributed by atoms with van der Waals surface area (Å²) < 4.78 is 1.86. The van der Waals surface area contributed by atoms with Crippen molar-refractivity contribution in [1.82, 2.24) is 25.1 Å². The molecule has 0 aliphatic heterocycles. The molecule has 0 aliphatic carbocycles. The zero-order chi connectivity index (χ0) is 11.5. The summed E-state index contributed by atoms with van der Waals surface area (Å²) in [5, 5.41) is 17.2. The van der Waals surface area contributed by atoms with Crippen molar-refractivity contribution in [2.75, 3.05) is 6.54 Å². The number of aryl methyl sites for hydroxylation is 1. The van der Waals surface area contributed by atoms with Gasteiger partial charge in [-0.25, -0.2) is 0 Å². The van der Waals surface area contributed by atoms with Crippen LogP contribution in [0.2, 0.25) is 0 Å². The van der Waals surface area contributed by atoms with Gasteiger partial charge >= 0.3 is 0 Å². The fourth-order valence-corrected chi connectivity index (χ4v) is 2.66. The lowest BCUT2D eigenvalue weighted by Crippen LogP contribution is -2.27. The van der Waals surface area contributed by atoms with E-state index in [1.54, 1.807) is 11.3 Å². The SMILES string of the molecule is CCNC(C)Cc1nn2c(CC)nnc2s1. The lowest BCUT2D eigenvalue weighted by Gasteiger charge is -2.08. The predicted octanol–water partition coefficient (Wildman–Crippen LogP) is 1.29. The maximum Gasteiger partial charge on any atom is 0.234 e. The number of fused-ring (bicyclic) bond motifs is 1. The van der Waals surface area contributed by atoms with E-state index in [0.29, 0.717) is 6.04 Å². The molecule has 16 heavy (non-hydrogen) atoms. The minimum absolute atomic E-state index is 0.457. The van der Waals surface area contributed by atoms with Gasteiger partial charge in [0, 0.05) is 18.9 Å². The van der Waals surface area contributed by atoms with Gasteiger partial charge in [0.15, 0.2) is 5.82 Å². The van der Waals surface area contributed by atoms with Crippen LogP contribution in [0.3, 0.4) is 0 Å². The Morgan fingerprint density at radius 2 is 2.19 bits per heavy atom. The molecule has 0 radical (unpaired) electrons. The first-order chi connectivity index (χ1) is 7.74. The fraction of sp³-hybridized carbons (Fsp3) is 0.700. The predicted molar refractivity (Wildman–Crippen MR) is 64.9 cm³/mol. The van der Waals surface area contributed by atoms with Crippen LogP contribution in [0.5, 0.6) is 0 Å². The second-order valence-electron chi connectivity index (χ2n) is 3.82. The molecule has 0 spiro atoms. The number of rotatable bonds is 5. The van der Waals surface area contributed by atoms with Crippen molar-refractivity contribution < 1.29 is 0 Å². The van der Waals surface area contributed by atoms with Gasteiger partial charge in [0.1, 0.15) is 5.01 Å². The standard InChI is InChI=1S/C10H17N5S/c1-4-8-12-13-10-15(8)14-9(16-10)6-7(3)11-5-2/h7,11H,4-6H2,1-3H3. The first-order valence-electron chi connectivity index (χ1n) is 5.68. The van der Waals surface area contributed by atoms with Gasteiger partial charge in [0.25, 0.3) is 0 Å². The summed E-state index contributed by atoms with van der Waals surface area (Å²) in [7, 11) is 0. The molecule has 0 saturated carbocycles. The molecule has 5 nitrogen and oxygen atoms in total. The average Bonchev–Trinajstić information content (AvgIpc) is 2.77. The maximum absolute atomic E-state index is 4.54. The van der Waals surface area contributed by atoms with E-state index >= 15 is 0 Å². The van der Waals surface area contributed by atoms with E-state index in [1.165, 1.54) is 0 Å². The smallest absolute Gasteiger partial charge is 0.234 e. The Hall–Kier alpha value is -1.01. The molecule has 2 rings (SSSR count). The molecule has 0 aromatic carbocycles. The first kappa shape index (κ1) is 11.5. The Morgan fingerprint density at radius 1 is 1.38 bits per heavy atom. The molecule has 0 amide bonds. The normalized spacial score (nSPS) is 13.4. The molecule has 6 heteroatoms. The highest BCUT2D eigenvalue weighted by molar-refractivity contribution is 7.16. The van der Waals surface area contributed by atoms with Crippen LogP contribution < -0.4 is 5.32 Å². The molecule has 88 valence electrons. The molecule has 0 fully saturated rings. The number of aromatic nitrogens is 4. The minimum atomic E-state index is 0.457. The molecule has 1 atom stereocenters. The van der Waals surface area contributed by atoms with Gasteiger partial charge in [-0.05, 0) is 13.5 Å². The number of hydrogen-bond donors (Lipinski definition) is 1. The molecule has 2 heterocycles. The Kier molecular flexibility index (Phi) is 3.50. The fourth-order valence-electron chi connectivity index (χ4n) is 1.68. The van der Waals surface area contributed by atoms with Crippen LogP contribution in [0.25, 0.3) is 4.96 Å². The average molecular weight is 239 g/mol. The summed E-state index contributed by atoms with van der Waals surface area (Å²) in [5.41, 5.74) is 0. The van der Waals surface area contributed by atoms with Crippen molar-refractivity contribution >= 4 is 16.3 Å². The van der Waals surface area contributed by atoms with E-state index in [4.69, 9.17) is 0 Å². The topological polar surface area (TPSA) is 55.1 Å². The number of nitrogens with zero attached hydrogens (tertiary/aromatic N) is 4. The van der Waals surface area contributed by atoms with E-state index in [0.717, 1.165) is 35.2 Å². The molecule has 0 saturated heterocycles. The molecular weight excluding hydrogens is 222 g/mol. The third-order valence-electron chi connectivity index (χ3n) is 2.45. The summed E-state index contributed by atoms with van der Waals surface area (Å²) in [6.45, 7) is 7.35. The van der Waals surface area contributed by atoms with Gasteiger partial charge in [0.2, 0.25) is 4.96 Å². The Bertz CT molecular complexity index is 461. The van der Waals surface area contributed by atoms with Gasteiger partial charge < -0.3 is 5.32 Å². The van der Waals surface area contributed by atoms with Crippen LogP contribution in [0.1, 0.15) is 31.6 Å². The Labute approximate surface area is 98.9 Å². The van der Waals surface area contributed by atoms with Gasteiger partial charge in [0.05, 0.1) is 0 Å². The highest BCUT2D eigenvalue weighted by Gasteiger charge is 2.12. The second kappa shape index (κ2) is 4.88. The molecular formula is C10H17N5S. The van der Waals surface area contributed by atoms with E-state index in [9.17, 15) is 0 Å². The molecule has 2 aromatic rings. The number of nitrogens with one attached hydrogen (secondary N) is 1. The monoisotopic (exact) mass is 239 g/mol. The van der Waals surface area contributed by atoms with Crippen molar-refractivity contribution in [3.63, 3.8) is 0 Å². The minimum Gasteiger partial charge on any atom is -0.314 e. The highest BCUT2D eigenvalue weighted by atomic mass is 32.1. The first-order valence-corrected chi connectivity index (χ1v) is 6.49. The second-order valence-corrected chi connectivity index (χ2v) is 4.86. The summed E-state index contributed by atoms with van der Waals surface area (Å²) >= 11 is 1.63. The Balaban J connectivity index is 2.16. The van der Waals surface area contributed by atoms with Crippen LogP contribution in [-0.4, -0.2) is 32.4 Å². The lowest BCUT2D eigenvalue weighted by molar-refractivity contribution is 0.560. The zero-order valence-corrected chi connectivity index (χ0v) is 10.7. The zero-order valence-electron chi connectivity index (χ0n) is 9.90. The van der Waals surface area contributed by atoms with E-state index < -0.39 is 0 Å². The van der Waals surface area contributed by atoms with Crippen molar-refractivity contribution in [2.45, 2.75) is 39.7 Å². The van der Waals surface area contributed by atoms with Crippen LogP contribution in [0, 0.1) is 0 Å². The van der Waals surface area contributed by atoms with Gasteiger partial charge in [-0.3, -0.25) is 0 Å². The summed E-state index contributed by atoms with van der Waals surface area (Å²) in [4.78, 5) is 0.899. The lowest BCUT2D eigenvalue weighted by atomic mass is 10.2. The van der Waals surface area contributed by atoms with Gasteiger partial charge in [-0.2, -0.15) is 9.61 Å². The van der Waals surface area contributed by atoms with Crippen molar-refractivity contribution in [1.29, 1.82) is 0 Å². The number of hydrogen-bond acceptors (Lipinski definition) is 5. The summed E-state index contributed by atoms with van der Waals surface area (Å²) in [6, 6.07) is 0.457. The third-order valence-corrected chi connectivity index (χ3v) is 3.37. The highest BCUT2D eigenvalue weighted by Crippen LogP contribution is 2.15. The third kappa shape index (κ3) is 2.22. The molecule has 0 bridgehead atoms. The van der Waals surface area contributed by atoms with E-state index in [-0.39, 0.29) is 0 Å². The largest absolute Gasteiger partial charge is 0.314 e. The van der Waals surface area contributed by atoms with Crippen LogP contribution in [-0.2, 0) is 12.8 Å². The quantitative estimate of drug-likeness (QED) is 0.854. The molecule has 2 aromatic heterocycles. The summed E-state index contributed by atoms with van der Waals surface area (Å²) in [5.74, 6) is 0.939. The van der Waals surface area contributed by atoms with E-state index in [1.807, 2.05) is 4.52 Å². The maximum atomic E-state index is 4.54. The molecule has 0 aliphatic rings. The number of likely N-dealkylation sites (N-methyl/N-ethyl adjacent to an activating group) is 1. The van der Waals surface area contributed by atoms with Gasteiger partial charge in [-0.1, -0.05) is 25.2 Å². The van der Waals surface area contributed by atoms with Crippen molar-refractivity contribution in [3.8, 4) is 0 Å². The van der Waals surface area contributed by atoms with Crippen LogP contribution in [0.4, 0.5) is 0 Å². The van der Waals surface area contributed by atoms with Crippen molar-refractivity contribution in [3.05, 3.63) is 10.8 Å². The van der Waals surface area contributed by atoms with Crippen LogP contribution in [0.15, 0.2) is 0 Å². The summed E-state index contributed by atoms with van der Waals surface area (Å²) in [6.07, 6.45) is 1.82. The molecule has 1 unspecified atom stereocenters. The van der Waals surface area contributed by atoms with Crippen molar-refractivity contribution in [2.24, 2.45) is 0 Å². The van der Waals surface area contributed by atoms with Gasteiger partial charge in [-0.15, -0.1) is 10.2 Å². The molecule has 1 N–H and O–H groups in total. The van der Waals surface area contributed by atoms with Crippen LogP contribution >= 0.6 is 11.3 Å². The Morgan fingerprint density at radius 3 is 2.88 bits per heavy atom.